The summed E-state index contributed by atoms with van der Waals surface area (Å²) in [6, 6.07) is 15.5. The van der Waals surface area contributed by atoms with Crippen molar-refractivity contribution in [3.63, 3.8) is 0 Å². The lowest BCUT2D eigenvalue weighted by Crippen LogP contribution is -2.14. The highest BCUT2D eigenvalue weighted by molar-refractivity contribution is 7.99. The average Bonchev–Trinajstić information content (AvgIpc) is 3.07. The molecular weight excluding hydrogens is 348 g/mol. The maximum absolute atomic E-state index is 12.0. The summed E-state index contributed by atoms with van der Waals surface area (Å²) >= 11 is 1.28. The molecule has 0 aliphatic heterocycles. The lowest BCUT2D eigenvalue weighted by molar-refractivity contribution is -0.113. The number of hydrogen-bond acceptors (Lipinski definition) is 5. The van der Waals surface area contributed by atoms with E-state index in [1.165, 1.54) is 17.3 Å². The number of nitrogens with zero attached hydrogens (tertiary/aromatic N) is 2. The Balaban J connectivity index is 1.45. The Morgan fingerprint density at radius 3 is 2.73 bits per heavy atom. The molecule has 0 radical (unpaired) electrons. The molecule has 1 amide bonds. The highest BCUT2D eigenvalue weighted by Gasteiger charge is 2.09. The lowest BCUT2D eigenvalue weighted by Gasteiger charge is -2.04. The maximum atomic E-state index is 12.0. The number of amides is 1. The fourth-order valence-electron chi connectivity index (χ4n) is 2.24. The minimum Gasteiger partial charge on any atom is -0.486 e. The number of aryl methyl sites for hydroxylation is 2. The summed E-state index contributed by atoms with van der Waals surface area (Å²) in [4.78, 5) is 16.3. The van der Waals surface area contributed by atoms with Crippen LogP contribution >= 0.6 is 11.8 Å². The van der Waals surface area contributed by atoms with Crippen molar-refractivity contribution in [2.24, 2.45) is 0 Å². The zero-order valence-corrected chi connectivity index (χ0v) is 15.5. The van der Waals surface area contributed by atoms with Gasteiger partial charge in [-0.2, -0.15) is 0 Å². The monoisotopic (exact) mass is 368 g/mol. The summed E-state index contributed by atoms with van der Waals surface area (Å²) in [5, 5.41) is 10.3. The van der Waals surface area contributed by atoms with Crippen molar-refractivity contribution >= 4 is 23.4 Å². The van der Waals surface area contributed by atoms with Gasteiger partial charge in [-0.3, -0.25) is 9.89 Å². The van der Waals surface area contributed by atoms with Gasteiger partial charge in [-0.25, -0.2) is 4.98 Å². The highest BCUT2D eigenvalue weighted by atomic mass is 32.2. The molecule has 6 nitrogen and oxygen atoms in total. The third-order valence-corrected chi connectivity index (χ3v) is 4.39. The van der Waals surface area contributed by atoms with Gasteiger partial charge in [0.05, 0.1) is 5.75 Å². The van der Waals surface area contributed by atoms with Gasteiger partial charge in [0.2, 0.25) is 11.1 Å². The first-order valence-electron chi connectivity index (χ1n) is 8.18. The summed E-state index contributed by atoms with van der Waals surface area (Å²) in [5.74, 6) is 1.54. The van der Waals surface area contributed by atoms with E-state index >= 15 is 0 Å². The first-order valence-corrected chi connectivity index (χ1v) is 9.17. The van der Waals surface area contributed by atoms with Crippen molar-refractivity contribution in [1.29, 1.82) is 0 Å². The van der Waals surface area contributed by atoms with Crippen LogP contribution in [0.2, 0.25) is 0 Å². The number of H-pyrrole nitrogens is 1. The largest absolute Gasteiger partial charge is 0.486 e. The van der Waals surface area contributed by atoms with Crippen LogP contribution in [0.4, 0.5) is 5.69 Å². The molecule has 0 aliphatic rings. The number of anilines is 1. The van der Waals surface area contributed by atoms with Crippen LogP contribution in [-0.4, -0.2) is 26.8 Å². The predicted molar refractivity (Wildman–Crippen MR) is 102 cm³/mol. The molecule has 2 N–H and O–H groups in total. The van der Waals surface area contributed by atoms with Crippen molar-refractivity contribution in [1.82, 2.24) is 15.2 Å². The number of aromatic amines is 1. The first kappa shape index (κ1) is 18.0. The molecule has 0 fully saturated rings. The summed E-state index contributed by atoms with van der Waals surface area (Å²) < 4.78 is 5.65. The molecule has 26 heavy (non-hydrogen) atoms. The van der Waals surface area contributed by atoms with E-state index in [0.717, 1.165) is 17.0 Å². The third kappa shape index (κ3) is 5.35. The minimum absolute atomic E-state index is 0.0946. The van der Waals surface area contributed by atoms with E-state index in [9.17, 15) is 4.79 Å². The number of ether oxygens (including phenoxy) is 1. The zero-order chi connectivity index (χ0) is 18.4. The molecule has 7 heteroatoms. The third-order valence-electron chi connectivity index (χ3n) is 3.54. The number of rotatable bonds is 7. The highest BCUT2D eigenvalue weighted by Crippen LogP contribution is 2.16. The van der Waals surface area contributed by atoms with Gasteiger partial charge in [0.15, 0.2) is 5.82 Å². The van der Waals surface area contributed by atoms with Gasteiger partial charge in [0.25, 0.3) is 0 Å². The lowest BCUT2D eigenvalue weighted by atomic mass is 10.2. The molecule has 0 atom stereocenters. The Morgan fingerprint density at radius 1 is 1.15 bits per heavy atom. The molecule has 0 aliphatic carbocycles. The maximum Gasteiger partial charge on any atom is 0.234 e. The summed E-state index contributed by atoms with van der Waals surface area (Å²) in [6.45, 7) is 4.31. The Labute approximate surface area is 156 Å². The fourth-order valence-corrected chi connectivity index (χ4v) is 2.86. The van der Waals surface area contributed by atoms with Crippen LogP contribution in [-0.2, 0) is 11.4 Å². The first-order chi connectivity index (χ1) is 12.6. The number of carbonyl (C=O) groups is 1. The van der Waals surface area contributed by atoms with Crippen LogP contribution in [0.3, 0.4) is 0 Å². The minimum atomic E-state index is -0.0946. The average molecular weight is 368 g/mol. The summed E-state index contributed by atoms with van der Waals surface area (Å²) in [7, 11) is 0. The molecular formula is C19H20N4O2S. The van der Waals surface area contributed by atoms with Crippen LogP contribution in [0, 0.1) is 13.8 Å². The van der Waals surface area contributed by atoms with Crippen LogP contribution < -0.4 is 10.1 Å². The van der Waals surface area contributed by atoms with E-state index in [0.29, 0.717) is 17.6 Å². The van der Waals surface area contributed by atoms with Crippen LogP contribution in [0.25, 0.3) is 0 Å². The van der Waals surface area contributed by atoms with Gasteiger partial charge in [-0.15, -0.1) is 5.10 Å². The van der Waals surface area contributed by atoms with E-state index in [-0.39, 0.29) is 11.7 Å². The quantitative estimate of drug-likeness (QED) is 0.621. The Hall–Kier alpha value is -2.80. The van der Waals surface area contributed by atoms with E-state index < -0.39 is 0 Å². The van der Waals surface area contributed by atoms with Crippen LogP contribution in [0.1, 0.15) is 17.0 Å². The molecule has 0 unspecified atom stereocenters. The summed E-state index contributed by atoms with van der Waals surface area (Å²) in [5.41, 5.74) is 3.07. The van der Waals surface area contributed by atoms with Gasteiger partial charge in [0, 0.05) is 5.69 Å². The van der Waals surface area contributed by atoms with Gasteiger partial charge in [-0.05, 0) is 43.7 Å². The molecule has 1 heterocycles. The van der Waals surface area contributed by atoms with Crippen molar-refractivity contribution in [3.8, 4) is 5.75 Å². The number of hydrogen-bond donors (Lipinski definition) is 2. The van der Waals surface area contributed by atoms with Crippen LogP contribution in [0.5, 0.6) is 5.75 Å². The molecule has 0 spiro atoms. The molecule has 3 aromatic rings. The van der Waals surface area contributed by atoms with Crippen molar-refractivity contribution in [2.75, 3.05) is 11.1 Å². The molecule has 0 saturated heterocycles. The Morgan fingerprint density at radius 2 is 1.96 bits per heavy atom. The molecule has 0 bridgehead atoms. The van der Waals surface area contributed by atoms with E-state index in [4.69, 9.17) is 4.74 Å². The number of nitrogens with one attached hydrogen (secondary N) is 2. The molecule has 3 rings (SSSR count). The second-order valence-electron chi connectivity index (χ2n) is 5.87. The van der Waals surface area contributed by atoms with Gasteiger partial charge in [-0.1, -0.05) is 41.6 Å². The Kier molecular flexibility index (Phi) is 5.91. The fraction of sp³-hybridized carbons (Fsp3) is 0.211. The molecule has 1 aromatic heterocycles. The van der Waals surface area contributed by atoms with Crippen molar-refractivity contribution in [2.45, 2.75) is 25.6 Å². The standard InChI is InChI=1S/C19H20N4O2S/c1-13-6-8-16(9-7-13)25-11-17-21-19(23-22-17)26-12-18(24)20-15-5-3-4-14(2)10-15/h3-10H,11-12H2,1-2H3,(H,20,24)(H,21,22,23). The molecule has 2 aromatic carbocycles. The number of benzene rings is 2. The van der Waals surface area contributed by atoms with Crippen molar-refractivity contribution in [3.05, 3.63) is 65.5 Å². The van der Waals surface area contributed by atoms with E-state index in [1.54, 1.807) is 0 Å². The second-order valence-corrected chi connectivity index (χ2v) is 6.82. The smallest absolute Gasteiger partial charge is 0.234 e. The zero-order valence-electron chi connectivity index (χ0n) is 14.7. The number of thioether (sulfide) groups is 1. The molecule has 0 saturated carbocycles. The van der Waals surface area contributed by atoms with E-state index in [1.807, 2.05) is 62.4 Å². The van der Waals surface area contributed by atoms with Crippen LogP contribution in [0.15, 0.2) is 53.7 Å². The van der Waals surface area contributed by atoms with Crippen molar-refractivity contribution < 1.29 is 9.53 Å². The van der Waals surface area contributed by atoms with Gasteiger partial charge in [0.1, 0.15) is 12.4 Å². The number of carbonyl (C=O) groups excluding carboxylic acids is 1. The predicted octanol–water partition coefficient (Wildman–Crippen LogP) is 3.73. The Bertz CT molecular complexity index is 877. The normalized spacial score (nSPS) is 10.5. The number of aromatic nitrogens is 3. The summed E-state index contributed by atoms with van der Waals surface area (Å²) in [6.07, 6.45) is 0. The second kappa shape index (κ2) is 8.53. The van der Waals surface area contributed by atoms with E-state index in [2.05, 4.69) is 20.5 Å². The topological polar surface area (TPSA) is 79.9 Å². The van der Waals surface area contributed by atoms with Gasteiger partial charge < -0.3 is 10.1 Å². The SMILES string of the molecule is Cc1ccc(OCc2nc(SCC(=O)Nc3cccc(C)c3)n[nH]2)cc1. The van der Waals surface area contributed by atoms with Gasteiger partial charge >= 0.3 is 0 Å². The molecule has 134 valence electrons.